The second-order valence-corrected chi connectivity index (χ2v) is 6.63. The van der Waals surface area contributed by atoms with Crippen LogP contribution >= 0.6 is 0 Å². The summed E-state index contributed by atoms with van der Waals surface area (Å²) < 4.78 is 38.7. The van der Waals surface area contributed by atoms with E-state index in [-0.39, 0.29) is 17.7 Å². The summed E-state index contributed by atoms with van der Waals surface area (Å²) >= 11 is 0. The van der Waals surface area contributed by atoms with Gasteiger partial charge in [-0.05, 0) is 37.3 Å². The molecule has 0 atom stereocenters. The number of alkyl halides is 3. The smallest absolute Gasteiger partial charge is 0.369 e. The fraction of sp³-hybridized carbons (Fsp3) is 0.529. The Morgan fingerprint density at radius 3 is 2.29 bits per heavy atom. The Kier molecular flexibility index (Phi) is 4.05. The topological polar surface area (TPSA) is 63.4 Å². The molecule has 130 valence electrons. The summed E-state index contributed by atoms with van der Waals surface area (Å²) in [5.41, 5.74) is 4.15. The van der Waals surface area contributed by atoms with Crippen molar-refractivity contribution < 1.29 is 22.8 Å². The number of benzene rings is 1. The van der Waals surface area contributed by atoms with Crippen LogP contribution in [-0.4, -0.2) is 29.8 Å². The highest BCUT2D eigenvalue weighted by Crippen LogP contribution is 2.50. The maximum Gasteiger partial charge on any atom is 0.416 e. The number of hydrogen-bond acceptors (Lipinski definition) is 2. The second kappa shape index (κ2) is 5.79. The first-order valence-electron chi connectivity index (χ1n) is 8.00. The van der Waals surface area contributed by atoms with E-state index in [9.17, 15) is 22.8 Å². The van der Waals surface area contributed by atoms with Gasteiger partial charge in [-0.2, -0.15) is 13.2 Å². The highest BCUT2D eigenvalue weighted by molar-refractivity contribution is 5.91. The number of nitrogens with zero attached hydrogens (tertiary/aromatic N) is 1. The maximum absolute atomic E-state index is 12.9. The van der Waals surface area contributed by atoms with E-state index in [4.69, 9.17) is 5.73 Å². The molecule has 2 N–H and O–H groups in total. The van der Waals surface area contributed by atoms with Crippen molar-refractivity contribution in [1.82, 2.24) is 4.90 Å². The molecule has 2 fully saturated rings. The van der Waals surface area contributed by atoms with Crippen LogP contribution in [-0.2, 0) is 21.2 Å². The molecular weight excluding hydrogens is 321 g/mol. The van der Waals surface area contributed by atoms with Gasteiger partial charge in [0.25, 0.3) is 0 Å². The van der Waals surface area contributed by atoms with Crippen molar-refractivity contribution in [3.63, 3.8) is 0 Å². The van der Waals surface area contributed by atoms with Gasteiger partial charge < -0.3 is 10.6 Å². The molecule has 1 aliphatic carbocycles. The Hall–Kier alpha value is -2.05. The molecule has 24 heavy (non-hydrogen) atoms. The van der Waals surface area contributed by atoms with Crippen molar-refractivity contribution >= 4 is 11.8 Å². The van der Waals surface area contributed by atoms with E-state index in [1.165, 1.54) is 6.07 Å². The van der Waals surface area contributed by atoms with Crippen molar-refractivity contribution in [2.24, 2.45) is 11.7 Å². The number of amides is 2. The van der Waals surface area contributed by atoms with Crippen LogP contribution in [0.25, 0.3) is 0 Å². The lowest BCUT2D eigenvalue weighted by Crippen LogP contribution is -2.46. The minimum Gasteiger partial charge on any atom is -0.369 e. The summed E-state index contributed by atoms with van der Waals surface area (Å²) in [4.78, 5) is 25.7. The molecule has 1 aromatic rings. The molecule has 1 aromatic carbocycles. The van der Waals surface area contributed by atoms with Crippen LogP contribution in [0.15, 0.2) is 24.3 Å². The van der Waals surface area contributed by atoms with Crippen molar-refractivity contribution in [2.45, 2.75) is 37.3 Å². The summed E-state index contributed by atoms with van der Waals surface area (Å²) in [5, 5.41) is 0. The lowest BCUT2D eigenvalue weighted by Gasteiger charge is -2.33. The number of carbonyl (C=O) groups is 2. The Labute approximate surface area is 137 Å². The minimum absolute atomic E-state index is 0.134. The van der Waals surface area contributed by atoms with E-state index in [0.717, 1.165) is 12.1 Å². The number of piperidine rings is 1. The summed E-state index contributed by atoms with van der Waals surface area (Å²) in [5.74, 6) is -0.719. The zero-order valence-corrected chi connectivity index (χ0v) is 13.1. The fourth-order valence-corrected chi connectivity index (χ4v) is 3.41. The predicted molar refractivity (Wildman–Crippen MR) is 80.9 cm³/mol. The Balaban J connectivity index is 1.77. The third kappa shape index (κ3) is 2.99. The Bertz CT molecular complexity index is 660. The Morgan fingerprint density at radius 1 is 1.17 bits per heavy atom. The number of carbonyl (C=O) groups excluding carboxylic acids is 2. The largest absolute Gasteiger partial charge is 0.416 e. The van der Waals surface area contributed by atoms with Gasteiger partial charge in [-0.1, -0.05) is 18.2 Å². The standard InChI is InChI=1S/C17H19F3N2O2/c18-17(19,20)13-3-1-2-12(10-13)16(6-7-16)15(24)22-8-4-11(5-9-22)14(21)23/h1-3,10-11H,4-9H2,(H2,21,23). The van der Waals surface area contributed by atoms with E-state index in [0.29, 0.717) is 44.3 Å². The highest BCUT2D eigenvalue weighted by atomic mass is 19.4. The number of rotatable bonds is 3. The van der Waals surface area contributed by atoms with E-state index in [1.54, 1.807) is 11.0 Å². The average molecular weight is 340 g/mol. The van der Waals surface area contributed by atoms with Gasteiger partial charge in [-0.3, -0.25) is 9.59 Å². The van der Waals surface area contributed by atoms with Crippen LogP contribution in [0.2, 0.25) is 0 Å². The van der Waals surface area contributed by atoms with Crippen molar-refractivity contribution in [3.8, 4) is 0 Å². The molecule has 1 saturated heterocycles. The molecule has 1 heterocycles. The Morgan fingerprint density at radius 2 is 1.79 bits per heavy atom. The third-order valence-corrected chi connectivity index (χ3v) is 5.09. The first-order valence-corrected chi connectivity index (χ1v) is 8.00. The molecule has 2 amide bonds. The van der Waals surface area contributed by atoms with Gasteiger partial charge in [-0.25, -0.2) is 0 Å². The van der Waals surface area contributed by atoms with E-state index in [2.05, 4.69) is 0 Å². The molecule has 3 rings (SSSR count). The number of halogens is 3. The molecule has 0 bridgehead atoms. The second-order valence-electron chi connectivity index (χ2n) is 6.63. The molecule has 0 unspecified atom stereocenters. The number of primary amides is 1. The average Bonchev–Trinajstić information content (AvgIpc) is 3.35. The van der Waals surface area contributed by atoms with Crippen LogP contribution in [0.1, 0.15) is 36.8 Å². The van der Waals surface area contributed by atoms with Crippen molar-refractivity contribution in [3.05, 3.63) is 35.4 Å². The number of likely N-dealkylation sites (tertiary alicyclic amines) is 1. The van der Waals surface area contributed by atoms with E-state index >= 15 is 0 Å². The zero-order chi connectivity index (χ0) is 17.5. The summed E-state index contributed by atoms with van der Waals surface area (Å²) in [7, 11) is 0. The summed E-state index contributed by atoms with van der Waals surface area (Å²) in [6.07, 6.45) is -2.28. The SMILES string of the molecule is NC(=O)C1CCN(C(=O)C2(c3cccc(C(F)(F)F)c3)CC2)CC1. The monoisotopic (exact) mass is 340 g/mol. The number of hydrogen-bond donors (Lipinski definition) is 1. The molecule has 1 saturated carbocycles. The van der Waals surface area contributed by atoms with Crippen LogP contribution in [0.4, 0.5) is 13.2 Å². The van der Waals surface area contributed by atoms with Crippen LogP contribution in [0.5, 0.6) is 0 Å². The minimum atomic E-state index is -4.42. The van der Waals surface area contributed by atoms with Crippen molar-refractivity contribution in [2.75, 3.05) is 13.1 Å². The van der Waals surface area contributed by atoms with Crippen LogP contribution in [0.3, 0.4) is 0 Å². The third-order valence-electron chi connectivity index (χ3n) is 5.09. The maximum atomic E-state index is 12.9. The molecule has 0 aromatic heterocycles. The van der Waals surface area contributed by atoms with Gasteiger partial charge in [0.05, 0.1) is 11.0 Å². The van der Waals surface area contributed by atoms with Gasteiger partial charge in [0.1, 0.15) is 0 Å². The molecule has 0 radical (unpaired) electrons. The quantitative estimate of drug-likeness (QED) is 0.919. The number of nitrogens with two attached hydrogens (primary N) is 1. The zero-order valence-electron chi connectivity index (χ0n) is 13.1. The molecule has 4 nitrogen and oxygen atoms in total. The van der Waals surface area contributed by atoms with Gasteiger partial charge in [0, 0.05) is 19.0 Å². The predicted octanol–water partition coefficient (Wildman–Crippen LogP) is 2.46. The molecule has 7 heteroatoms. The normalized spacial score (nSPS) is 20.7. The lowest BCUT2D eigenvalue weighted by molar-refractivity contribution is -0.139. The van der Waals surface area contributed by atoms with Gasteiger partial charge in [-0.15, -0.1) is 0 Å². The fourth-order valence-electron chi connectivity index (χ4n) is 3.41. The van der Waals surface area contributed by atoms with Crippen LogP contribution < -0.4 is 5.73 Å². The lowest BCUT2D eigenvalue weighted by atomic mass is 9.90. The summed E-state index contributed by atoms with van der Waals surface area (Å²) in [6.45, 7) is 0.848. The molecular formula is C17H19F3N2O2. The van der Waals surface area contributed by atoms with Crippen LogP contribution in [0, 0.1) is 5.92 Å². The van der Waals surface area contributed by atoms with E-state index < -0.39 is 17.2 Å². The first-order chi connectivity index (χ1) is 11.2. The molecule has 2 aliphatic rings. The molecule has 0 spiro atoms. The van der Waals surface area contributed by atoms with Crippen molar-refractivity contribution in [1.29, 1.82) is 0 Å². The summed E-state index contributed by atoms with van der Waals surface area (Å²) in [6, 6.07) is 5.05. The van der Waals surface area contributed by atoms with Gasteiger partial charge in [0.15, 0.2) is 0 Å². The molecule has 1 aliphatic heterocycles. The van der Waals surface area contributed by atoms with E-state index in [1.807, 2.05) is 0 Å². The van der Waals surface area contributed by atoms with Gasteiger partial charge >= 0.3 is 6.18 Å². The highest BCUT2D eigenvalue weighted by Gasteiger charge is 2.53. The first kappa shape index (κ1) is 16.8. The van der Waals surface area contributed by atoms with Gasteiger partial charge in [0.2, 0.25) is 11.8 Å².